The van der Waals surface area contributed by atoms with Crippen LogP contribution in [0.1, 0.15) is 19.4 Å². The van der Waals surface area contributed by atoms with Crippen LogP contribution in [0.2, 0.25) is 5.02 Å². The van der Waals surface area contributed by atoms with Gasteiger partial charge in [0.2, 0.25) is 0 Å². The Hall–Kier alpha value is -0.770. The third kappa shape index (κ3) is 3.41. The molecule has 1 aliphatic heterocycles. The highest BCUT2D eigenvalue weighted by atomic mass is 35.5. The lowest BCUT2D eigenvalue weighted by molar-refractivity contribution is 0.199. The molecule has 0 aromatic heterocycles. The van der Waals surface area contributed by atoms with Crippen LogP contribution in [0.4, 0.5) is 5.69 Å². The molecule has 2 rings (SSSR count). The van der Waals surface area contributed by atoms with Gasteiger partial charge in [0.05, 0.1) is 10.7 Å². The minimum absolute atomic E-state index is 0.590. The average molecular weight is 282 g/mol. The number of piperazine rings is 1. The van der Waals surface area contributed by atoms with Gasteiger partial charge in [-0.1, -0.05) is 24.6 Å². The van der Waals surface area contributed by atoms with Crippen molar-refractivity contribution < 1.29 is 0 Å². The summed E-state index contributed by atoms with van der Waals surface area (Å²) in [4.78, 5) is 4.92. The second kappa shape index (κ2) is 6.60. The van der Waals surface area contributed by atoms with E-state index in [0.717, 1.165) is 37.7 Å². The Bertz CT molecular complexity index is 422. The van der Waals surface area contributed by atoms with E-state index in [1.54, 1.807) is 0 Å². The number of halogens is 1. The number of hydrogen-bond acceptors (Lipinski definition) is 3. The van der Waals surface area contributed by atoms with E-state index in [-0.39, 0.29) is 0 Å². The first kappa shape index (κ1) is 14.6. The number of nitrogens with one attached hydrogen (secondary N) is 1. The van der Waals surface area contributed by atoms with E-state index in [0.29, 0.717) is 6.04 Å². The van der Waals surface area contributed by atoms with Crippen LogP contribution in [0.5, 0.6) is 0 Å². The van der Waals surface area contributed by atoms with Crippen LogP contribution in [0, 0.1) is 0 Å². The fourth-order valence-corrected chi connectivity index (χ4v) is 3.13. The lowest BCUT2D eigenvalue weighted by Gasteiger charge is -2.40. The zero-order valence-electron chi connectivity index (χ0n) is 12.1. The first-order valence-corrected chi connectivity index (χ1v) is 7.45. The lowest BCUT2D eigenvalue weighted by Crippen LogP contribution is -2.51. The molecule has 3 nitrogen and oxygen atoms in total. The number of anilines is 1. The van der Waals surface area contributed by atoms with Gasteiger partial charge in [-0.25, -0.2) is 0 Å². The Kier molecular flexibility index (Phi) is 5.08. The summed E-state index contributed by atoms with van der Waals surface area (Å²) in [6.45, 7) is 9.74. The minimum Gasteiger partial charge on any atom is -0.367 e. The van der Waals surface area contributed by atoms with Crippen LogP contribution in [-0.4, -0.2) is 44.2 Å². The summed E-state index contributed by atoms with van der Waals surface area (Å²) >= 11 is 6.43. The second-order valence-corrected chi connectivity index (χ2v) is 5.65. The molecule has 106 valence electrons. The summed E-state index contributed by atoms with van der Waals surface area (Å²) in [5.41, 5.74) is 2.40. The third-order valence-electron chi connectivity index (χ3n) is 3.90. The topological polar surface area (TPSA) is 18.5 Å². The highest BCUT2D eigenvalue weighted by molar-refractivity contribution is 6.33. The third-order valence-corrected chi connectivity index (χ3v) is 4.21. The van der Waals surface area contributed by atoms with Gasteiger partial charge in [-0.2, -0.15) is 0 Å². The first-order valence-electron chi connectivity index (χ1n) is 7.07. The molecule has 0 saturated carbocycles. The molecule has 0 radical (unpaired) electrons. The van der Waals surface area contributed by atoms with Crippen LogP contribution in [-0.2, 0) is 6.54 Å². The number of benzene rings is 1. The Morgan fingerprint density at radius 3 is 2.74 bits per heavy atom. The molecule has 1 N–H and O–H groups in total. The van der Waals surface area contributed by atoms with E-state index in [9.17, 15) is 0 Å². The number of nitrogens with zero attached hydrogens (tertiary/aromatic N) is 2. The van der Waals surface area contributed by atoms with Gasteiger partial charge in [0, 0.05) is 32.2 Å². The number of hydrogen-bond donors (Lipinski definition) is 1. The summed E-state index contributed by atoms with van der Waals surface area (Å²) < 4.78 is 0. The van der Waals surface area contributed by atoms with Gasteiger partial charge in [0.1, 0.15) is 0 Å². The predicted molar refractivity (Wildman–Crippen MR) is 83.1 cm³/mol. The van der Waals surface area contributed by atoms with Gasteiger partial charge in [0.25, 0.3) is 0 Å². The zero-order valence-corrected chi connectivity index (χ0v) is 12.9. The standard InChI is InChI=1S/C15H24ClN3/c1-4-18-7-8-19(11-12(18)2)15-6-5-13(10-17-3)9-14(15)16/h5-6,9,12,17H,4,7-8,10-11H2,1-3H3. The number of likely N-dealkylation sites (N-methyl/N-ethyl adjacent to an activating group) is 1. The molecule has 0 amide bonds. The molecular formula is C15H24ClN3. The van der Waals surface area contributed by atoms with Crippen molar-refractivity contribution in [3.05, 3.63) is 28.8 Å². The molecule has 0 bridgehead atoms. The monoisotopic (exact) mass is 281 g/mol. The smallest absolute Gasteiger partial charge is 0.0642 e. The van der Waals surface area contributed by atoms with Crippen LogP contribution in [0.3, 0.4) is 0 Å². The SMILES string of the molecule is CCN1CCN(c2ccc(CNC)cc2Cl)CC1C. The van der Waals surface area contributed by atoms with E-state index in [1.807, 2.05) is 7.05 Å². The molecule has 4 heteroatoms. The van der Waals surface area contributed by atoms with E-state index < -0.39 is 0 Å². The van der Waals surface area contributed by atoms with Gasteiger partial charge in [-0.15, -0.1) is 0 Å². The Balaban J connectivity index is 2.10. The highest BCUT2D eigenvalue weighted by Crippen LogP contribution is 2.28. The maximum atomic E-state index is 6.43. The van der Waals surface area contributed by atoms with E-state index in [4.69, 9.17) is 11.6 Å². The Morgan fingerprint density at radius 2 is 2.16 bits per heavy atom. The minimum atomic E-state index is 0.590. The van der Waals surface area contributed by atoms with Gasteiger partial charge in [-0.3, -0.25) is 4.90 Å². The van der Waals surface area contributed by atoms with Crippen LogP contribution in [0.15, 0.2) is 18.2 Å². The summed E-state index contributed by atoms with van der Waals surface area (Å²) in [5, 5.41) is 4.02. The molecule has 1 aromatic carbocycles. The van der Waals surface area contributed by atoms with E-state index >= 15 is 0 Å². The van der Waals surface area contributed by atoms with Crippen LogP contribution in [0.25, 0.3) is 0 Å². The lowest BCUT2D eigenvalue weighted by atomic mass is 10.1. The van der Waals surface area contributed by atoms with E-state index in [2.05, 4.69) is 47.2 Å². The molecule has 0 spiro atoms. The van der Waals surface area contributed by atoms with Gasteiger partial charge < -0.3 is 10.2 Å². The molecule has 19 heavy (non-hydrogen) atoms. The van der Waals surface area contributed by atoms with Crippen molar-refractivity contribution >= 4 is 17.3 Å². The van der Waals surface area contributed by atoms with Crippen molar-refractivity contribution in [1.29, 1.82) is 0 Å². The molecule has 1 aromatic rings. The first-order chi connectivity index (χ1) is 9.15. The van der Waals surface area contributed by atoms with Crippen LogP contribution >= 0.6 is 11.6 Å². The molecule has 0 aliphatic carbocycles. The fraction of sp³-hybridized carbons (Fsp3) is 0.600. The van der Waals surface area contributed by atoms with E-state index in [1.165, 1.54) is 11.3 Å². The molecule has 1 saturated heterocycles. The maximum Gasteiger partial charge on any atom is 0.0642 e. The van der Waals surface area contributed by atoms with Crippen LogP contribution < -0.4 is 10.2 Å². The van der Waals surface area contributed by atoms with Crippen molar-refractivity contribution in [3.63, 3.8) is 0 Å². The Labute approximate surface area is 121 Å². The van der Waals surface area contributed by atoms with Gasteiger partial charge in [-0.05, 0) is 38.2 Å². The normalized spacial score (nSPS) is 20.8. The fourth-order valence-electron chi connectivity index (χ4n) is 2.80. The summed E-state index contributed by atoms with van der Waals surface area (Å²) in [6.07, 6.45) is 0. The van der Waals surface area contributed by atoms with Crippen molar-refractivity contribution in [1.82, 2.24) is 10.2 Å². The van der Waals surface area contributed by atoms with Crippen molar-refractivity contribution in [2.24, 2.45) is 0 Å². The largest absolute Gasteiger partial charge is 0.367 e. The Morgan fingerprint density at radius 1 is 1.37 bits per heavy atom. The molecule has 1 atom stereocenters. The highest BCUT2D eigenvalue weighted by Gasteiger charge is 2.23. The van der Waals surface area contributed by atoms with Crippen molar-refractivity contribution in [3.8, 4) is 0 Å². The summed E-state index contributed by atoms with van der Waals surface area (Å²) in [6, 6.07) is 6.98. The molecule has 1 aliphatic rings. The van der Waals surface area contributed by atoms with Gasteiger partial charge >= 0.3 is 0 Å². The van der Waals surface area contributed by atoms with Crippen molar-refractivity contribution in [2.75, 3.05) is 38.1 Å². The second-order valence-electron chi connectivity index (χ2n) is 5.24. The molecule has 1 fully saturated rings. The molecule has 1 unspecified atom stereocenters. The zero-order chi connectivity index (χ0) is 13.8. The molecular weight excluding hydrogens is 258 g/mol. The van der Waals surface area contributed by atoms with Crippen molar-refractivity contribution in [2.45, 2.75) is 26.4 Å². The maximum absolute atomic E-state index is 6.43. The quantitative estimate of drug-likeness (QED) is 0.915. The molecule has 1 heterocycles. The summed E-state index contributed by atoms with van der Waals surface area (Å²) in [7, 11) is 1.95. The average Bonchev–Trinajstić information content (AvgIpc) is 2.39. The summed E-state index contributed by atoms with van der Waals surface area (Å²) in [5.74, 6) is 0. The predicted octanol–water partition coefficient (Wildman–Crippen LogP) is 2.59. The van der Waals surface area contributed by atoms with Gasteiger partial charge in [0.15, 0.2) is 0 Å². The number of rotatable bonds is 4.